The van der Waals surface area contributed by atoms with E-state index in [0.29, 0.717) is 42.3 Å². The van der Waals surface area contributed by atoms with Crippen molar-refractivity contribution in [3.8, 4) is 5.75 Å². The number of amides is 1. The van der Waals surface area contributed by atoms with Gasteiger partial charge >= 0.3 is 0 Å². The van der Waals surface area contributed by atoms with E-state index in [2.05, 4.69) is 30.7 Å². The third-order valence-corrected chi connectivity index (χ3v) is 6.35. The molecule has 2 aromatic rings. The van der Waals surface area contributed by atoms with Crippen molar-refractivity contribution in [3.63, 3.8) is 0 Å². The molecule has 4 rings (SSSR count). The maximum absolute atomic E-state index is 12.9. The summed E-state index contributed by atoms with van der Waals surface area (Å²) in [6.45, 7) is 9.80. The third kappa shape index (κ3) is 4.26. The van der Waals surface area contributed by atoms with Crippen molar-refractivity contribution in [1.82, 2.24) is 14.5 Å². The van der Waals surface area contributed by atoms with Crippen LogP contribution >= 0.6 is 0 Å². The minimum Gasteiger partial charge on any atom is -0.488 e. The average Bonchev–Trinajstić information content (AvgIpc) is 2.81. The van der Waals surface area contributed by atoms with Crippen molar-refractivity contribution in [2.75, 3.05) is 37.7 Å². The van der Waals surface area contributed by atoms with Crippen molar-refractivity contribution in [1.29, 1.82) is 0 Å². The van der Waals surface area contributed by atoms with E-state index in [9.17, 15) is 9.59 Å². The van der Waals surface area contributed by atoms with Crippen LogP contribution in [0.5, 0.6) is 5.75 Å². The molecule has 0 atom stereocenters. The lowest BCUT2D eigenvalue weighted by Crippen LogP contribution is -2.56. The van der Waals surface area contributed by atoms with Crippen molar-refractivity contribution in [2.45, 2.75) is 40.0 Å². The van der Waals surface area contributed by atoms with Crippen molar-refractivity contribution < 1.29 is 14.3 Å². The summed E-state index contributed by atoms with van der Waals surface area (Å²) in [5, 5.41) is 0. The Labute approximate surface area is 188 Å². The zero-order valence-electron chi connectivity index (χ0n) is 19.1. The van der Waals surface area contributed by atoms with Crippen LogP contribution < -0.4 is 15.1 Å². The number of unbranched alkanes of at least 4 members (excludes halogenated alkanes) is 1. The van der Waals surface area contributed by atoms with Gasteiger partial charge in [0, 0.05) is 49.2 Å². The largest absolute Gasteiger partial charge is 0.488 e. The smallest absolute Gasteiger partial charge is 0.255 e. The van der Waals surface area contributed by atoms with Gasteiger partial charge < -0.3 is 14.5 Å². The van der Waals surface area contributed by atoms with E-state index in [1.54, 1.807) is 18.5 Å². The van der Waals surface area contributed by atoms with E-state index in [0.717, 1.165) is 44.4 Å². The van der Waals surface area contributed by atoms with Crippen LogP contribution in [0.1, 0.15) is 50.4 Å². The Morgan fingerprint density at radius 2 is 2.12 bits per heavy atom. The van der Waals surface area contributed by atoms with Crippen molar-refractivity contribution >= 4 is 23.8 Å². The lowest BCUT2D eigenvalue weighted by molar-refractivity contribution is 0.0133. The zero-order valence-corrected chi connectivity index (χ0v) is 19.1. The van der Waals surface area contributed by atoms with Gasteiger partial charge in [-0.3, -0.25) is 19.1 Å². The highest BCUT2D eigenvalue weighted by Crippen LogP contribution is 2.37. The number of rotatable bonds is 7. The Kier molecular flexibility index (Phi) is 6.30. The van der Waals surface area contributed by atoms with Gasteiger partial charge in [-0.2, -0.15) is 0 Å². The monoisotopic (exact) mass is 437 g/mol. The number of hydrogen-bond donors (Lipinski definition) is 0. The summed E-state index contributed by atoms with van der Waals surface area (Å²) in [6, 6.07) is 5.56. The minimum absolute atomic E-state index is 0.00399. The molecule has 0 bridgehead atoms. The van der Waals surface area contributed by atoms with E-state index < -0.39 is 0 Å². The molecule has 1 fully saturated rings. The standard InChI is InChI=1S/C24H31N5O3/c1-4-6-8-25-21-13-19(7-9-27(21)17-30)29-10-11-32-20-12-18(14-26-22(20)29)23(31)28-15-24(3,5-2)16-28/h7,9,12-14,17H,4-6,8,10-11,15-16H2,1-3H3/b25-21-. The van der Waals surface area contributed by atoms with Gasteiger partial charge in [-0.1, -0.05) is 27.2 Å². The molecular formula is C24H31N5O3. The Bertz CT molecular complexity index is 1070. The van der Waals surface area contributed by atoms with E-state index in [-0.39, 0.29) is 11.3 Å². The van der Waals surface area contributed by atoms with E-state index in [1.807, 2.05) is 21.9 Å². The zero-order chi connectivity index (χ0) is 22.7. The second-order valence-electron chi connectivity index (χ2n) is 8.86. The molecule has 0 radical (unpaired) electrons. The summed E-state index contributed by atoms with van der Waals surface area (Å²) in [6.07, 6.45) is 7.18. The summed E-state index contributed by atoms with van der Waals surface area (Å²) < 4.78 is 7.33. The lowest BCUT2D eigenvalue weighted by Gasteiger charge is -2.47. The maximum atomic E-state index is 12.9. The third-order valence-electron chi connectivity index (χ3n) is 6.35. The van der Waals surface area contributed by atoms with Gasteiger partial charge in [0.15, 0.2) is 11.6 Å². The van der Waals surface area contributed by atoms with Gasteiger partial charge in [0.1, 0.15) is 12.1 Å². The molecule has 2 aromatic heterocycles. The first-order valence-corrected chi connectivity index (χ1v) is 11.4. The highest BCUT2D eigenvalue weighted by molar-refractivity contribution is 5.95. The molecule has 2 aliphatic rings. The predicted octanol–water partition coefficient (Wildman–Crippen LogP) is 3.02. The van der Waals surface area contributed by atoms with Crippen LogP contribution in [0.15, 0.2) is 35.6 Å². The summed E-state index contributed by atoms with van der Waals surface area (Å²) in [4.78, 5) is 37.4. The molecular weight excluding hydrogens is 406 g/mol. The molecule has 8 nitrogen and oxygen atoms in total. The molecule has 0 aromatic carbocycles. The first-order valence-electron chi connectivity index (χ1n) is 11.4. The molecule has 4 heterocycles. The molecule has 170 valence electrons. The predicted molar refractivity (Wildman–Crippen MR) is 123 cm³/mol. The van der Waals surface area contributed by atoms with Gasteiger partial charge in [0.05, 0.1) is 12.1 Å². The van der Waals surface area contributed by atoms with Crippen LogP contribution in [-0.2, 0) is 4.79 Å². The number of pyridine rings is 2. The van der Waals surface area contributed by atoms with Crippen molar-refractivity contribution in [3.05, 3.63) is 41.6 Å². The molecule has 0 aliphatic carbocycles. The second kappa shape index (κ2) is 9.14. The topological polar surface area (TPSA) is 80.0 Å². The molecule has 1 saturated heterocycles. The highest BCUT2D eigenvalue weighted by atomic mass is 16.5. The molecule has 2 aliphatic heterocycles. The number of likely N-dealkylation sites (tertiary alicyclic amines) is 1. The molecule has 0 saturated carbocycles. The lowest BCUT2D eigenvalue weighted by atomic mass is 9.79. The molecule has 1 amide bonds. The molecule has 0 unspecified atom stereocenters. The number of anilines is 2. The fourth-order valence-electron chi connectivity index (χ4n) is 4.12. The van der Waals surface area contributed by atoms with Crippen LogP contribution in [0.25, 0.3) is 0 Å². The number of carbonyl (C=O) groups excluding carboxylic acids is 2. The summed E-state index contributed by atoms with van der Waals surface area (Å²) in [5.41, 5.74) is 2.26. The van der Waals surface area contributed by atoms with Gasteiger partial charge in [0.2, 0.25) is 6.41 Å². The van der Waals surface area contributed by atoms with Gasteiger partial charge in [0.25, 0.3) is 5.91 Å². The molecule has 32 heavy (non-hydrogen) atoms. The highest BCUT2D eigenvalue weighted by Gasteiger charge is 2.40. The van der Waals surface area contributed by atoms with Crippen LogP contribution in [0.3, 0.4) is 0 Å². The van der Waals surface area contributed by atoms with Gasteiger partial charge in [-0.05, 0) is 25.0 Å². The Morgan fingerprint density at radius 1 is 1.31 bits per heavy atom. The fraction of sp³-hybridized carbons (Fsp3) is 0.500. The van der Waals surface area contributed by atoms with Gasteiger partial charge in [-0.15, -0.1) is 0 Å². The number of nitrogens with zero attached hydrogens (tertiary/aromatic N) is 5. The second-order valence-corrected chi connectivity index (χ2v) is 8.86. The number of aromatic nitrogens is 2. The number of ether oxygens (including phenoxy) is 1. The van der Waals surface area contributed by atoms with Crippen LogP contribution in [-0.4, -0.2) is 59.6 Å². The Morgan fingerprint density at radius 3 is 2.84 bits per heavy atom. The molecule has 0 N–H and O–H groups in total. The number of fused-ring (bicyclic) bond motifs is 1. The van der Waals surface area contributed by atoms with E-state index in [4.69, 9.17) is 4.74 Å². The average molecular weight is 438 g/mol. The minimum atomic E-state index is -0.00399. The normalized spacial score (nSPS) is 17.4. The quantitative estimate of drug-likeness (QED) is 0.491. The fourth-order valence-corrected chi connectivity index (χ4v) is 4.12. The summed E-state index contributed by atoms with van der Waals surface area (Å²) in [5.74, 6) is 1.26. The molecule has 0 spiro atoms. The Balaban J connectivity index is 1.59. The van der Waals surface area contributed by atoms with Crippen LogP contribution in [0, 0.1) is 5.41 Å². The number of hydrogen-bond acceptors (Lipinski definition) is 6. The van der Waals surface area contributed by atoms with Gasteiger partial charge in [-0.25, -0.2) is 4.98 Å². The SMILES string of the molecule is CCCC/N=c1/cc(N2CCOc3cc(C(=O)N4CC(C)(CC)C4)cnc32)ccn1C=O. The summed E-state index contributed by atoms with van der Waals surface area (Å²) >= 11 is 0. The van der Waals surface area contributed by atoms with E-state index in [1.165, 1.54) is 4.57 Å². The number of carbonyl (C=O) groups is 2. The van der Waals surface area contributed by atoms with Crippen LogP contribution in [0.4, 0.5) is 11.5 Å². The van der Waals surface area contributed by atoms with E-state index >= 15 is 0 Å². The van der Waals surface area contributed by atoms with Crippen LogP contribution in [0.2, 0.25) is 0 Å². The first-order chi connectivity index (χ1) is 15.5. The summed E-state index contributed by atoms with van der Waals surface area (Å²) in [7, 11) is 0. The Hall–Kier alpha value is -3.16. The first kappa shape index (κ1) is 22.0. The maximum Gasteiger partial charge on any atom is 0.255 e. The van der Waals surface area contributed by atoms with Crippen molar-refractivity contribution in [2.24, 2.45) is 10.4 Å². The molecule has 8 heteroatoms.